The number of benzene rings is 4. The van der Waals surface area contributed by atoms with E-state index < -0.39 is 12.3 Å². The highest BCUT2D eigenvalue weighted by Gasteiger charge is 2.33. The van der Waals surface area contributed by atoms with E-state index in [9.17, 15) is 13.2 Å². The minimum Gasteiger partial charge on any atom is -0.497 e. The van der Waals surface area contributed by atoms with Crippen LogP contribution in [0.2, 0.25) is 0 Å². The number of halogens is 3. The van der Waals surface area contributed by atoms with Crippen LogP contribution < -0.4 is 112 Å². The van der Waals surface area contributed by atoms with E-state index >= 15 is 0 Å². The van der Waals surface area contributed by atoms with Crippen LogP contribution in [0.1, 0.15) is 69.8 Å². The van der Waals surface area contributed by atoms with Gasteiger partial charge in [0.1, 0.15) is 5.75 Å². The van der Waals surface area contributed by atoms with Crippen LogP contribution in [0, 0.1) is 6.92 Å². The first-order valence-corrected chi connectivity index (χ1v) is 30.9. The third-order valence-electron chi connectivity index (χ3n) is 13.0. The van der Waals surface area contributed by atoms with Gasteiger partial charge >= 0.3 is 48.0 Å². The van der Waals surface area contributed by atoms with Crippen LogP contribution in [-0.2, 0) is 0 Å². The normalized spacial score (nSPS) is 15.4. The molecule has 0 bridgehead atoms. The smallest absolute Gasteiger partial charge is 0.497 e. The zero-order valence-electron chi connectivity index (χ0n) is 51.2. The maximum absolute atomic E-state index is 11.2. The van der Waals surface area contributed by atoms with Crippen molar-refractivity contribution >= 4 is 97.1 Å². The van der Waals surface area contributed by atoms with Crippen LogP contribution in [0.4, 0.5) is 45.9 Å². The number of nitrogens with two attached hydrogens (primary N) is 6. The van der Waals surface area contributed by atoms with Gasteiger partial charge in [0.05, 0.1) is 89.3 Å². The van der Waals surface area contributed by atoms with E-state index in [0.717, 1.165) is 62.9 Å². The Labute approximate surface area is 523 Å². The summed E-state index contributed by atoms with van der Waals surface area (Å²) in [6.07, 6.45) is 8.90. The molecule has 0 radical (unpaired) electrons. The van der Waals surface area contributed by atoms with Crippen LogP contribution in [0.3, 0.4) is 0 Å². The first-order chi connectivity index (χ1) is 42.4. The van der Waals surface area contributed by atoms with Gasteiger partial charge in [0.25, 0.3) is 0 Å². The second-order valence-electron chi connectivity index (χ2n) is 20.0. The highest BCUT2D eigenvalue weighted by atomic mass is 32.1. The maximum atomic E-state index is 11.2. The maximum Gasteiger partial charge on any atom is 0.537 e. The molecule has 6 aromatic rings. The van der Waals surface area contributed by atoms with Crippen LogP contribution in [0.25, 0.3) is 0 Å². The molecule has 4 aliphatic rings. The lowest BCUT2D eigenvalue weighted by molar-refractivity contribution is -0.510. The Morgan fingerprint density at radius 3 is 1.57 bits per heavy atom. The Kier molecular flexibility index (Phi) is 33.2. The zero-order chi connectivity index (χ0) is 63.8. The van der Waals surface area contributed by atoms with Gasteiger partial charge in [0.2, 0.25) is 0 Å². The molecule has 0 unspecified atom stereocenters. The lowest BCUT2D eigenvalue weighted by atomic mass is 9.95. The molecule has 0 atom stereocenters. The number of methoxy groups -OCH3 is 1. The first kappa shape index (κ1) is 71.2. The van der Waals surface area contributed by atoms with Gasteiger partial charge in [-0.15, -0.1) is 35.8 Å². The predicted octanol–water partition coefficient (Wildman–Crippen LogP) is -2.53. The fraction of sp³-hybridized carbons (Fsp3) is 0.361. The average molecular weight is 1260 g/mol. The molecule has 88 heavy (non-hydrogen) atoms. The monoisotopic (exact) mass is 1260 g/mol. The van der Waals surface area contributed by atoms with Crippen LogP contribution in [0.15, 0.2) is 144 Å². The minimum absolute atomic E-state index is 0.481. The van der Waals surface area contributed by atoms with Gasteiger partial charge in [-0.3, -0.25) is 75.2 Å². The molecular weight excluding hydrogens is 1160 g/mol. The lowest BCUT2D eigenvalue weighted by Crippen LogP contribution is -2.85. The highest BCUT2D eigenvalue weighted by molar-refractivity contribution is 7.14. The van der Waals surface area contributed by atoms with E-state index in [4.69, 9.17) is 39.1 Å². The van der Waals surface area contributed by atoms with Crippen molar-refractivity contribution in [3.63, 3.8) is 0 Å². The zero-order valence-corrected chi connectivity index (χ0v) is 52.8. The molecule has 2 aliphatic heterocycles. The predicted molar refractivity (Wildman–Crippen MR) is 354 cm³/mol. The van der Waals surface area contributed by atoms with E-state index in [1.54, 1.807) is 43.9 Å². The number of nitrogens with zero attached hydrogens (tertiary/aromatic N) is 1. The number of nitrogens with one attached hydrogen (secondary N) is 14. The van der Waals surface area contributed by atoms with E-state index in [1.165, 1.54) is 95.9 Å². The molecule has 4 heterocycles. The van der Waals surface area contributed by atoms with Crippen molar-refractivity contribution in [2.75, 3.05) is 70.4 Å². The van der Waals surface area contributed by atoms with Gasteiger partial charge in [-0.25, -0.2) is 30.9 Å². The Morgan fingerprint density at radius 1 is 0.568 bits per heavy atom. The van der Waals surface area contributed by atoms with E-state index in [2.05, 4.69) is 71.7 Å². The van der Waals surface area contributed by atoms with Crippen molar-refractivity contribution in [3.05, 3.63) is 150 Å². The Morgan fingerprint density at radius 2 is 1.09 bits per heavy atom. The van der Waals surface area contributed by atoms with Crippen molar-refractivity contribution in [1.29, 1.82) is 0 Å². The SMILES string of the molecule is C1C[N+]2=C(N1)NCC2.CNC(N)=[NH+]C.COc1ccc(NC(N)=[NH+]c2ccc(C)cc2)cc1.C[NH+]=C(N)NC(F)(F)F.NC(NC1CCCCC1)=[NH+]C1CCCCC1.NC(Nc1ccccc1)=[NH+]c1ccccc1.NC(Nc1cccs1)=[NH+]c1cccs1. The summed E-state index contributed by atoms with van der Waals surface area (Å²) >= 11 is 3.23. The van der Waals surface area contributed by atoms with Crippen molar-refractivity contribution in [2.24, 2.45) is 34.4 Å². The van der Waals surface area contributed by atoms with Gasteiger partial charge in [-0.1, -0.05) is 92.6 Å². The van der Waals surface area contributed by atoms with Gasteiger partial charge in [0.15, 0.2) is 10.0 Å². The van der Waals surface area contributed by atoms with Crippen LogP contribution in [0.5, 0.6) is 5.75 Å². The second kappa shape index (κ2) is 41.0. The molecule has 27 heteroatoms. The second-order valence-corrected chi connectivity index (χ2v) is 21.9. The van der Waals surface area contributed by atoms with E-state index in [0.29, 0.717) is 35.9 Å². The number of hydrogen-bond acceptors (Lipinski definition) is 5. The Bertz CT molecular complexity index is 3030. The van der Waals surface area contributed by atoms with Crippen molar-refractivity contribution in [3.8, 4) is 5.75 Å². The molecular formula is C61H95F3N21OS2+7. The Hall–Kier alpha value is -9.24. The summed E-state index contributed by atoms with van der Waals surface area (Å²) < 4.78 is 41.2. The molecule has 476 valence electrons. The largest absolute Gasteiger partial charge is 0.537 e. The quantitative estimate of drug-likeness (QED) is 0.0307. The number of hydrogen-bond donors (Lipinski definition) is 20. The highest BCUT2D eigenvalue weighted by Crippen LogP contribution is 2.18. The Balaban J connectivity index is 0.000000226. The molecule has 4 aromatic carbocycles. The molecule has 22 nitrogen and oxygen atoms in total. The molecule has 0 saturated heterocycles. The van der Waals surface area contributed by atoms with Crippen LogP contribution in [-0.4, -0.2) is 119 Å². The summed E-state index contributed by atoms with van der Waals surface area (Å²) in [4.78, 5) is 17.5. The summed E-state index contributed by atoms with van der Waals surface area (Å²) in [7, 11) is 6.44. The summed E-state index contributed by atoms with van der Waals surface area (Å²) in [6, 6.07) is 44.3. The van der Waals surface area contributed by atoms with Gasteiger partial charge in [0, 0.05) is 0 Å². The molecule has 0 amide bonds. The van der Waals surface area contributed by atoms with Gasteiger partial charge < -0.3 is 4.74 Å². The number of ether oxygens (including phenoxy) is 1. The summed E-state index contributed by atoms with van der Waals surface area (Å²) in [6.45, 7) is 6.64. The molecule has 2 aromatic heterocycles. The number of anilines is 3. The molecule has 10 rings (SSSR count). The molecule has 2 aliphatic carbocycles. The fourth-order valence-corrected chi connectivity index (χ4v) is 9.85. The van der Waals surface area contributed by atoms with Gasteiger partial charge in [-0.05, 0) is 128 Å². The number of para-hydroxylation sites is 2. The van der Waals surface area contributed by atoms with Crippen LogP contribution >= 0.6 is 22.7 Å². The molecule has 26 N–H and O–H groups in total. The number of rotatable bonds is 9. The van der Waals surface area contributed by atoms with Gasteiger partial charge in [-0.2, -0.15) is 5.32 Å². The number of aryl methyl sites for hydroxylation is 1. The van der Waals surface area contributed by atoms with E-state index in [-0.39, 0.29) is 0 Å². The molecule has 2 saturated carbocycles. The first-order valence-electron chi connectivity index (χ1n) is 29.2. The summed E-state index contributed by atoms with van der Waals surface area (Å²) in [5, 5.41) is 29.0. The van der Waals surface area contributed by atoms with Crippen molar-refractivity contribution < 1.29 is 52.4 Å². The third kappa shape index (κ3) is 31.8. The minimum atomic E-state index is -4.45. The third-order valence-corrected chi connectivity index (χ3v) is 14.6. The topological polar surface area (TPSA) is 348 Å². The van der Waals surface area contributed by atoms with E-state index in [1.807, 2.05) is 151 Å². The van der Waals surface area contributed by atoms with Crippen molar-refractivity contribution in [1.82, 2.24) is 26.6 Å². The molecule has 0 spiro atoms. The van der Waals surface area contributed by atoms with Crippen molar-refractivity contribution in [2.45, 2.75) is 89.5 Å². The number of thiophene rings is 2. The standard InChI is InChI=1S/C15H17N3O.C13H25N3.C13H13N3.C9H9N3S2.C5H9N3.C3H6F3N3.C3H9N3/c1-11-3-5-12(6-4-11)17-15(16)18-13-7-9-14(19-2)10-8-13;2*14-13(15-11-7-3-1-4-8-11)16-12-9-5-2-6-10-12;10-9(11-7-3-1-5-13-7)12-8-4-2-6-14-8;1-3-8-4-2-7-5(8)6-1;1-8-2(7)9-3(4,5)6;1-5-3(4)6-2/h3-10H,1-2H3,(H3,16,17,18);11-12H,1-10H2,(H3,14,15,16);1-10H,(H3,14,15,16);1-6H,(H3,10,11,12);1-4H2,(H,6,7);1H3,(H3,7,8,9);1-2H3,(H3,4,5,6)/p+7. The fourth-order valence-electron chi connectivity index (χ4n) is 8.59. The summed E-state index contributed by atoms with van der Waals surface area (Å²) in [5.74, 6) is 4.50. The lowest BCUT2D eigenvalue weighted by Gasteiger charge is -2.21. The average Bonchev–Trinajstić information content (AvgIpc) is 4.42. The summed E-state index contributed by atoms with van der Waals surface area (Å²) in [5.41, 5.74) is 38.4. The number of alkyl halides is 3. The molecule has 2 fully saturated rings. The number of guanidine groups is 7.